The summed E-state index contributed by atoms with van der Waals surface area (Å²) in [7, 11) is 0. The van der Waals surface area contributed by atoms with E-state index in [1.165, 1.54) is 5.56 Å². The van der Waals surface area contributed by atoms with E-state index in [0.717, 1.165) is 24.2 Å². The maximum Gasteiger partial charge on any atom is 0.253 e. The van der Waals surface area contributed by atoms with E-state index in [-0.39, 0.29) is 5.91 Å². The summed E-state index contributed by atoms with van der Waals surface area (Å²) in [5.41, 5.74) is 3.66. The molecular weight excluding hydrogens is 312 g/mol. The first-order valence-electron chi connectivity index (χ1n) is 8.21. The van der Waals surface area contributed by atoms with Crippen molar-refractivity contribution in [3.05, 3.63) is 90.0 Å². The van der Waals surface area contributed by atoms with Crippen LogP contribution < -0.4 is 10.6 Å². The lowest BCUT2D eigenvalue weighted by atomic mass is 10.1. The third kappa shape index (κ3) is 5.14. The monoisotopic (exact) mass is 332 g/mol. The van der Waals surface area contributed by atoms with E-state index < -0.39 is 0 Å². The Bertz CT molecular complexity index is 806. The van der Waals surface area contributed by atoms with Crippen LogP contribution in [0.3, 0.4) is 0 Å². The number of hydrogen-bond donors (Lipinski definition) is 2. The third-order valence-electron chi connectivity index (χ3n) is 3.79. The highest BCUT2D eigenvalue weighted by atomic mass is 16.1. The molecule has 3 rings (SSSR count). The van der Waals surface area contributed by atoms with Crippen LogP contribution in [-0.4, -0.2) is 22.4 Å². The zero-order valence-electron chi connectivity index (χ0n) is 13.9. The van der Waals surface area contributed by atoms with Gasteiger partial charge >= 0.3 is 0 Å². The number of benzene rings is 1. The predicted molar refractivity (Wildman–Crippen MR) is 98.3 cm³/mol. The van der Waals surface area contributed by atoms with Gasteiger partial charge in [0, 0.05) is 37.9 Å². The first-order valence-corrected chi connectivity index (χ1v) is 8.21. The number of nitrogens with one attached hydrogen (secondary N) is 2. The maximum absolute atomic E-state index is 12.3. The molecule has 0 spiro atoms. The summed E-state index contributed by atoms with van der Waals surface area (Å²) in [4.78, 5) is 20.4. The van der Waals surface area contributed by atoms with E-state index in [4.69, 9.17) is 0 Å². The van der Waals surface area contributed by atoms with Gasteiger partial charge in [0.1, 0.15) is 0 Å². The van der Waals surface area contributed by atoms with Gasteiger partial charge in [0.15, 0.2) is 0 Å². The number of pyridine rings is 2. The Hall–Kier alpha value is -3.21. The van der Waals surface area contributed by atoms with Gasteiger partial charge in [-0.05, 0) is 35.7 Å². The largest absolute Gasteiger partial charge is 0.383 e. The molecule has 0 aliphatic heterocycles. The minimum atomic E-state index is -0.143. The zero-order chi connectivity index (χ0) is 17.3. The van der Waals surface area contributed by atoms with Crippen LogP contribution >= 0.6 is 0 Å². The molecule has 5 heteroatoms. The topological polar surface area (TPSA) is 66.9 Å². The predicted octanol–water partition coefficient (Wildman–Crippen LogP) is 3.06. The van der Waals surface area contributed by atoms with Crippen LogP contribution in [0, 0.1) is 0 Å². The molecule has 1 amide bonds. The molecule has 1 aromatic carbocycles. The van der Waals surface area contributed by atoms with E-state index in [2.05, 4.69) is 32.7 Å². The highest BCUT2D eigenvalue weighted by Gasteiger charge is 2.07. The maximum atomic E-state index is 12.3. The third-order valence-corrected chi connectivity index (χ3v) is 3.79. The average molecular weight is 332 g/mol. The van der Waals surface area contributed by atoms with Crippen molar-refractivity contribution in [2.75, 3.05) is 11.9 Å². The Balaban J connectivity index is 1.52. The van der Waals surface area contributed by atoms with Crippen molar-refractivity contribution in [3.8, 4) is 0 Å². The second-order valence-corrected chi connectivity index (χ2v) is 5.66. The first-order chi connectivity index (χ1) is 12.3. The molecule has 5 nitrogen and oxygen atoms in total. The van der Waals surface area contributed by atoms with E-state index >= 15 is 0 Å². The van der Waals surface area contributed by atoms with E-state index in [1.807, 2.05) is 36.4 Å². The van der Waals surface area contributed by atoms with Gasteiger partial charge in [-0.3, -0.25) is 14.8 Å². The molecule has 126 valence electrons. The Morgan fingerprint density at radius 2 is 1.72 bits per heavy atom. The molecule has 2 N–H and O–H groups in total. The van der Waals surface area contributed by atoms with Gasteiger partial charge in [-0.25, -0.2) is 0 Å². The fraction of sp³-hybridized carbons (Fsp3) is 0.150. The normalized spacial score (nSPS) is 10.2. The quantitative estimate of drug-likeness (QED) is 0.698. The van der Waals surface area contributed by atoms with Crippen LogP contribution in [0.15, 0.2) is 73.3 Å². The molecular formula is C20H20N4O. The molecule has 0 fully saturated rings. The summed E-state index contributed by atoms with van der Waals surface area (Å²) in [5, 5.41) is 6.20. The molecule has 2 aromatic heterocycles. The number of anilines is 1. The van der Waals surface area contributed by atoms with Crippen molar-refractivity contribution >= 4 is 11.6 Å². The Labute approximate surface area is 147 Å². The zero-order valence-corrected chi connectivity index (χ0v) is 13.9. The number of hydrogen-bond acceptors (Lipinski definition) is 4. The molecule has 0 unspecified atom stereocenters. The fourth-order valence-electron chi connectivity index (χ4n) is 2.44. The van der Waals surface area contributed by atoms with Crippen molar-refractivity contribution in [2.24, 2.45) is 0 Å². The first kappa shape index (κ1) is 16.6. The molecule has 0 atom stereocenters. The van der Waals surface area contributed by atoms with Crippen molar-refractivity contribution in [3.63, 3.8) is 0 Å². The lowest BCUT2D eigenvalue weighted by molar-refractivity contribution is 0.0950. The van der Waals surface area contributed by atoms with Crippen LogP contribution in [0.5, 0.6) is 0 Å². The van der Waals surface area contributed by atoms with Gasteiger partial charge in [-0.15, -0.1) is 0 Å². The second-order valence-electron chi connectivity index (χ2n) is 5.66. The van der Waals surface area contributed by atoms with Crippen LogP contribution in [0.2, 0.25) is 0 Å². The van der Waals surface area contributed by atoms with Crippen LogP contribution in [0.1, 0.15) is 21.5 Å². The minimum Gasteiger partial charge on any atom is -0.383 e. The lowest BCUT2D eigenvalue weighted by Gasteiger charge is -2.09. The molecule has 25 heavy (non-hydrogen) atoms. The number of amides is 1. The molecule has 0 aliphatic carbocycles. The van der Waals surface area contributed by atoms with Gasteiger partial charge in [-0.2, -0.15) is 0 Å². The van der Waals surface area contributed by atoms with Crippen molar-refractivity contribution in [1.82, 2.24) is 15.3 Å². The van der Waals surface area contributed by atoms with Gasteiger partial charge < -0.3 is 10.6 Å². The summed E-state index contributed by atoms with van der Waals surface area (Å²) in [6, 6.07) is 15.8. The summed E-state index contributed by atoms with van der Waals surface area (Å²) >= 11 is 0. The smallest absolute Gasteiger partial charge is 0.253 e. The highest BCUT2D eigenvalue weighted by molar-refractivity contribution is 5.94. The van der Waals surface area contributed by atoms with E-state index in [0.29, 0.717) is 12.1 Å². The molecule has 0 saturated heterocycles. The molecule has 3 aromatic rings. The van der Waals surface area contributed by atoms with Gasteiger partial charge in [0.05, 0.1) is 11.3 Å². The standard InChI is InChI=1S/C20H20N4O/c25-20(24-13-17-6-9-21-10-7-17)18-12-19(15-22-14-18)23-11-8-16-4-2-1-3-5-16/h1-7,9-10,12,14-15,23H,8,11,13H2,(H,24,25). The number of carbonyl (C=O) groups excluding carboxylic acids is 1. The highest BCUT2D eigenvalue weighted by Crippen LogP contribution is 2.09. The van der Waals surface area contributed by atoms with Gasteiger partial charge in [0.2, 0.25) is 0 Å². The molecule has 0 saturated carbocycles. The number of aromatic nitrogens is 2. The van der Waals surface area contributed by atoms with Crippen molar-refractivity contribution in [1.29, 1.82) is 0 Å². The van der Waals surface area contributed by atoms with Crippen LogP contribution in [0.25, 0.3) is 0 Å². The van der Waals surface area contributed by atoms with Crippen LogP contribution in [-0.2, 0) is 13.0 Å². The number of carbonyl (C=O) groups is 1. The van der Waals surface area contributed by atoms with Crippen molar-refractivity contribution < 1.29 is 4.79 Å². The number of nitrogens with zero attached hydrogens (tertiary/aromatic N) is 2. The Kier molecular flexibility index (Phi) is 5.72. The fourth-order valence-corrected chi connectivity index (χ4v) is 2.44. The average Bonchev–Trinajstić information content (AvgIpc) is 2.68. The van der Waals surface area contributed by atoms with Gasteiger partial charge in [-0.1, -0.05) is 30.3 Å². The summed E-state index contributed by atoms with van der Waals surface area (Å²) in [5.74, 6) is -0.143. The Morgan fingerprint density at radius 3 is 2.52 bits per heavy atom. The van der Waals surface area contributed by atoms with Gasteiger partial charge in [0.25, 0.3) is 5.91 Å². The molecule has 0 bridgehead atoms. The molecule has 2 heterocycles. The second kappa shape index (κ2) is 8.59. The van der Waals surface area contributed by atoms with E-state index in [9.17, 15) is 4.79 Å². The van der Waals surface area contributed by atoms with Crippen LogP contribution in [0.4, 0.5) is 5.69 Å². The summed E-state index contributed by atoms with van der Waals surface area (Å²) in [6.45, 7) is 1.25. The minimum absolute atomic E-state index is 0.143. The lowest BCUT2D eigenvalue weighted by Crippen LogP contribution is -2.23. The Morgan fingerprint density at radius 1 is 0.920 bits per heavy atom. The summed E-state index contributed by atoms with van der Waals surface area (Å²) in [6.07, 6.45) is 7.63. The SMILES string of the molecule is O=C(NCc1ccncc1)c1cncc(NCCc2ccccc2)c1. The van der Waals surface area contributed by atoms with E-state index in [1.54, 1.807) is 24.8 Å². The number of rotatable bonds is 7. The molecule has 0 radical (unpaired) electrons. The summed E-state index contributed by atoms with van der Waals surface area (Å²) < 4.78 is 0. The van der Waals surface area contributed by atoms with Crippen molar-refractivity contribution in [2.45, 2.75) is 13.0 Å². The molecule has 0 aliphatic rings.